The van der Waals surface area contributed by atoms with E-state index in [1.54, 1.807) is 0 Å². The number of benzene rings is 1. The zero-order chi connectivity index (χ0) is 15.2. The van der Waals surface area contributed by atoms with Gasteiger partial charge in [0, 0.05) is 19.8 Å². The Balaban J connectivity index is 1.74. The second kappa shape index (κ2) is 7.66. The van der Waals surface area contributed by atoms with Gasteiger partial charge in [-0.3, -0.25) is 0 Å². The van der Waals surface area contributed by atoms with Crippen LogP contribution < -0.4 is 10.6 Å². The van der Waals surface area contributed by atoms with E-state index in [1.165, 1.54) is 0 Å². The van der Waals surface area contributed by atoms with Crippen molar-refractivity contribution in [1.82, 2.24) is 5.32 Å². The van der Waals surface area contributed by atoms with Gasteiger partial charge >= 0.3 is 6.03 Å². The third-order valence-electron chi connectivity index (χ3n) is 3.77. The molecule has 5 heteroatoms. The van der Waals surface area contributed by atoms with Gasteiger partial charge in [0.15, 0.2) is 0 Å². The molecule has 0 bridgehead atoms. The van der Waals surface area contributed by atoms with Crippen LogP contribution in [-0.4, -0.2) is 25.8 Å². The molecule has 0 aromatic heterocycles. The maximum absolute atomic E-state index is 11.9. The van der Waals surface area contributed by atoms with Crippen LogP contribution in [0.2, 0.25) is 5.02 Å². The fourth-order valence-electron chi connectivity index (χ4n) is 2.64. The number of hydrogen-bond acceptors (Lipinski definition) is 2. The number of amides is 2. The normalized spacial score (nSPS) is 17.8. The van der Waals surface area contributed by atoms with Gasteiger partial charge in [-0.1, -0.05) is 17.7 Å². The van der Waals surface area contributed by atoms with Gasteiger partial charge in [-0.05, 0) is 56.2 Å². The van der Waals surface area contributed by atoms with E-state index in [4.69, 9.17) is 16.3 Å². The predicted octanol–water partition coefficient (Wildman–Crippen LogP) is 3.90. The van der Waals surface area contributed by atoms with Crippen LogP contribution in [0.1, 0.15) is 30.4 Å². The molecule has 0 aliphatic carbocycles. The minimum atomic E-state index is -0.202. The minimum absolute atomic E-state index is 0.202. The summed E-state index contributed by atoms with van der Waals surface area (Å²) in [7, 11) is 0. The summed E-state index contributed by atoms with van der Waals surface area (Å²) < 4.78 is 5.34. The third kappa shape index (κ3) is 4.90. The lowest BCUT2D eigenvalue weighted by Gasteiger charge is -2.13. The van der Waals surface area contributed by atoms with Crippen molar-refractivity contribution < 1.29 is 9.53 Å². The Morgan fingerprint density at radius 1 is 1.43 bits per heavy atom. The molecule has 0 unspecified atom stereocenters. The summed E-state index contributed by atoms with van der Waals surface area (Å²) in [5.74, 6) is 0.656. The average Bonchev–Trinajstić information content (AvgIpc) is 2.92. The van der Waals surface area contributed by atoms with Gasteiger partial charge in [0.1, 0.15) is 0 Å². The summed E-state index contributed by atoms with van der Waals surface area (Å²) in [6, 6.07) is 3.65. The van der Waals surface area contributed by atoms with Crippen molar-refractivity contribution in [3.05, 3.63) is 28.3 Å². The SMILES string of the molecule is Cc1cc(C)c(NC(=O)NCCC[C@H]2CCOC2)c(Cl)c1. The molecular weight excluding hydrogens is 288 g/mol. The van der Waals surface area contributed by atoms with Crippen LogP contribution in [0.15, 0.2) is 12.1 Å². The van der Waals surface area contributed by atoms with E-state index in [0.29, 0.717) is 23.2 Å². The minimum Gasteiger partial charge on any atom is -0.381 e. The van der Waals surface area contributed by atoms with Crippen molar-refractivity contribution in [2.45, 2.75) is 33.1 Å². The monoisotopic (exact) mass is 310 g/mol. The van der Waals surface area contributed by atoms with E-state index in [0.717, 1.165) is 43.6 Å². The molecule has 0 saturated carbocycles. The van der Waals surface area contributed by atoms with Gasteiger partial charge in [-0.25, -0.2) is 4.79 Å². The van der Waals surface area contributed by atoms with Crippen LogP contribution in [0.3, 0.4) is 0 Å². The molecule has 1 aromatic rings. The molecule has 1 aromatic carbocycles. The van der Waals surface area contributed by atoms with Gasteiger partial charge in [0.25, 0.3) is 0 Å². The molecule has 2 N–H and O–H groups in total. The number of carbonyl (C=O) groups is 1. The zero-order valence-electron chi connectivity index (χ0n) is 12.7. The number of halogens is 1. The second-order valence-electron chi connectivity index (χ2n) is 5.69. The van der Waals surface area contributed by atoms with Gasteiger partial charge in [0.2, 0.25) is 0 Å². The molecule has 21 heavy (non-hydrogen) atoms. The van der Waals surface area contributed by atoms with Gasteiger partial charge in [-0.15, -0.1) is 0 Å². The first-order chi connectivity index (χ1) is 10.1. The molecule has 1 aliphatic heterocycles. The van der Waals surface area contributed by atoms with Crippen LogP contribution in [-0.2, 0) is 4.74 Å². The van der Waals surface area contributed by atoms with Crippen molar-refractivity contribution in [3.8, 4) is 0 Å². The molecule has 1 saturated heterocycles. The summed E-state index contributed by atoms with van der Waals surface area (Å²) in [5.41, 5.74) is 2.74. The highest BCUT2D eigenvalue weighted by Gasteiger charge is 2.15. The Morgan fingerprint density at radius 2 is 2.24 bits per heavy atom. The van der Waals surface area contributed by atoms with Crippen molar-refractivity contribution in [1.29, 1.82) is 0 Å². The molecule has 4 nitrogen and oxygen atoms in total. The molecule has 1 atom stereocenters. The lowest BCUT2D eigenvalue weighted by Crippen LogP contribution is -2.30. The van der Waals surface area contributed by atoms with E-state index in [1.807, 2.05) is 26.0 Å². The smallest absolute Gasteiger partial charge is 0.319 e. The molecule has 1 heterocycles. The highest BCUT2D eigenvalue weighted by molar-refractivity contribution is 6.34. The Kier molecular flexibility index (Phi) is 5.88. The number of urea groups is 1. The summed E-state index contributed by atoms with van der Waals surface area (Å²) in [6.45, 7) is 6.34. The fourth-order valence-corrected chi connectivity index (χ4v) is 3.00. The van der Waals surface area contributed by atoms with Crippen molar-refractivity contribution in [2.24, 2.45) is 5.92 Å². The number of carbonyl (C=O) groups excluding carboxylic acids is 1. The maximum Gasteiger partial charge on any atom is 0.319 e. The first-order valence-corrected chi connectivity index (χ1v) is 7.83. The summed E-state index contributed by atoms with van der Waals surface area (Å²) >= 11 is 6.17. The molecule has 116 valence electrons. The van der Waals surface area contributed by atoms with E-state index in [-0.39, 0.29) is 6.03 Å². The third-order valence-corrected chi connectivity index (χ3v) is 4.07. The molecule has 0 radical (unpaired) electrons. The Bertz CT molecular complexity index is 476. The van der Waals surface area contributed by atoms with Crippen molar-refractivity contribution >= 4 is 23.3 Å². The molecule has 1 aliphatic rings. The van der Waals surface area contributed by atoms with Crippen LogP contribution in [0.5, 0.6) is 0 Å². The standard InChI is InChI=1S/C16H23ClN2O2/c1-11-8-12(2)15(14(17)9-11)19-16(20)18-6-3-4-13-5-7-21-10-13/h8-9,13H,3-7,10H2,1-2H3,(H2,18,19,20)/t13-/m0/s1. The first-order valence-electron chi connectivity index (χ1n) is 7.45. The summed E-state index contributed by atoms with van der Waals surface area (Å²) in [5, 5.41) is 6.28. The van der Waals surface area contributed by atoms with Gasteiger partial charge in [0.05, 0.1) is 10.7 Å². The Labute approximate surface area is 131 Å². The number of anilines is 1. The number of aryl methyl sites for hydroxylation is 2. The van der Waals surface area contributed by atoms with Crippen LogP contribution >= 0.6 is 11.6 Å². The largest absolute Gasteiger partial charge is 0.381 e. The molecule has 1 fully saturated rings. The molecular formula is C16H23ClN2O2. The van der Waals surface area contributed by atoms with E-state index >= 15 is 0 Å². The first kappa shape index (κ1) is 16.1. The number of rotatable bonds is 5. The lowest BCUT2D eigenvalue weighted by molar-refractivity contribution is 0.184. The Morgan fingerprint density at radius 3 is 2.90 bits per heavy atom. The highest BCUT2D eigenvalue weighted by atomic mass is 35.5. The molecule has 2 rings (SSSR count). The summed E-state index contributed by atoms with van der Waals surface area (Å²) in [6.07, 6.45) is 3.22. The van der Waals surface area contributed by atoms with Crippen molar-refractivity contribution in [3.63, 3.8) is 0 Å². The van der Waals surface area contributed by atoms with E-state index < -0.39 is 0 Å². The van der Waals surface area contributed by atoms with Crippen molar-refractivity contribution in [2.75, 3.05) is 25.1 Å². The van der Waals surface area contributed by atoms with Gasteiger partial charge < -0.3 is 15.4 Å². The van der Waals surface area contributed by atoms with E-state index in [2.05, 4.69) is 10.6 Å². The zero-order valence-corrected chi connectivity index (χ0v) is 13.4. The van der Waals surface area contributed by atoms with Crippen LogP contribution in [0, 0.1) is 19.8 Å². The predicted molar refractivity (Wildman–Crippen MR) is 86.1 cm³/mol. The number of ether oxygens (including phenoxy) is 1. The average molecular weight is 311 g/mol. The van der Waals surface area contributed by atoms with Crippen LogP contribution in [0.4, 0.5) is 10.5 Å². The summed E-state index contributed by atoms with van der Waals surface area (Å²) in [4.78, 5) is 11.9. The topological polar surface area (TPSA) is 50.4 Å². The molecule has 2 amide bonds. The highest BCUT2D eigenvalue weighted by Crippen LogP contribution is 2.27. The van der Waals surface area contributed by atoms with Crippen LogP contribution in [0.25, 0.3) is 0 Å². The quantitative estimate of drug-likeness (QED) is 0.810. The number of hydrogen-bond donors (Lipinski definition) is 2. The lowest BCUT2D eigenvalue weighted by atomic mass is 10.0. The van der Waals surface area contributed by atoms with E-state index in [9.17, 15) is 4.79 Å². The van der Waals surface area contributed by atoms with Gasteiger partial charge in [-0.2, -0.15) is 0 Å². The maximum atomic E-state index is 11.9. The fraction of sp³-hybridized carbons (Fsp3) is 0.562. The molecule has 0 spiro atoms. The Hall–Kier alpha value is -1.26. The number of nitrogens with one attached hydrogen (secondary N) is 2. The second-order valence-corrected chi connectivity index (χ2v) is 6.10.